The van der Waals surface area contributed by atoms with E-state index < -0.39 is 0 Å². The van der Waals surface area contributed by atoms with E-state index in [1.54, 1.807) is 0 Å². The topological polar surface area (TPSA) is 43.1 Å². The molecule has 1 aliphatic heterocycles. The number of rotatable bonds is 0. The highest BCUT2D eigenvalue weighted by atomic mass is 32.2. The van der Waals surface area contributed by atoms with E-state index in [4.69, 9.17) is 5.14 Å². The van der Waals surface area contributed by atoms with Gasteiger partial charge in [-0.15, -0.1) is 5.14 Å². The lowest BCUT2D eigenvalue weighted by molar-refractivity contribution is 0.0977. The van der Waals surface area contributed by atoms with E-state index in [-0.39, 0.29) is 16.9 Å². The molecule has 0 fully saturated rings. The van der Waals surface area contributed by atoms with Crippen molar-refractivity contribution >= 4 is 16.9 Å². The maximum atomic E-state index is 11.6. The first-order valence-electron chi connectivity index (χ1n) is 4.30. The van der Waals surface area contributed by atoms with Crippen molar-refractivity contribution in [2.75, 3.05) is 0 Å². The van der Waals surface area contributed by atoms with Gasteiger partial charge in [-0.25, -0.2) is 0 Å². The van der Waals surface area contributed by atoms with Crippen LogP contribution in [0.1, 0.15) is 23.7 Å². The van der Waals surface area contributed by atoms with Gasteiger partial charge in [0, 0.05) is 0 Å². The Hall–Kier alpha value is -0.800. The van der Waals surface area contributed by atoms with Crippen LogP contribution in [0.4, 0.5) is 0 Å². The van der Waals surface area contributed by atoms with Crippen LogP contribution in [-0.4, -0.2) is 11.0 Å². The fourth-order valence-corrected chi connectivity index (χ4v) is 3.02. The second-order valence-corrected chi connectivity index (χ2v) is 5.29. The Morgan fingerprint density at radius 1 is 1.46 bits per heavy atom. The molecule has 13 heavy (non-hydrogen) atoms. The smallest absolute Gasteiger partial charge is 0.186 e. The molecule has 1 aromatic carbocycles. The Balaban J connectivity index is 2.53. The quantitative estimate of drug-likeness (QED) is 0.636. The minimum absolute atomic E-state index is 0.234. The van der Waals surface area contributed by atoms with E-state index in [0.717, 1.165) is 10.5 Å². The average molecular weight is 194 g/mol. The Kier molecular flexibility index (Phi) is 2.14. The lowest BCUT2D eigenvalue weighted by atomic mass is 10.1. The predicted molar refractivity (Wildman–Crippen MR) is 54.7 cm³/mol. The van der Waals surface area contributed by atoms with Crippen LogP contribution >= 0.6 is 0 Å². The summed E-state index contributed by atoms with van der Waals surface area (Å²) in [4.78, 5) is 12.6. The number of hydrogen-bond acceptors (Lipinski definition) is 2. The van der Waals surface area contributed by atoms with Crippen molar-refractivity contribution in [1.29, 1.82) is 0 Å². The minimum atomic E-state index is -0.251. The number of carbonyl (C=O) groups is 1. The zero-order chi connectivity index (χ0) is 9.42. The Morgan fingerprint density at radius 2 is 2.15 bits per heavy atom. The molecule has 2 nitrogen and oxygen atoms in total. The Bertz CT molecular complexity index is 351. The highest BCUT2D eigenvalue weighted by molar-refractivity contribution is 7.95. The third-order valence-corrected chi connectivity index (χ3v) is 4.25. The van der Waals surface area contributed by atoms with Crippen molar-refractivity contribution in [3.05, 3.63) is 29.8 Å². The molecule has 0 bridgehead atoms. The van der Waals surface area contributed by atoms with Gasteiger partial charge in [-0.1, -0.05) is 12.1 Å². The average Bonchev–Trinajstić information content (AvgIpc) is 2.15. The maximum Gasteiger partial charge on any atom is 0.186 e. The van der Waals surface area contributed by atoms with Gasteiger partial charge in [-0.05, 0) is 19.1 Å². The number of ketones is 1. The fraction of sp³-hybridized carbons (Fsp3) is 0.300. The summed E-state index contributed by atoms with van der Waals surface area (Å²) in [6.07, 6.45) is 0.594. The van der Waals surface area contributed by atoms with Crippen molar-refractivity contribution in [1.82, 2.24) is 0 Å². The Morgan fingerprint density at radius 3 is 2.92 bits per heavy atom. The van der Waals surface area contributed by atoms with Crippen LogP contribution in [0.3, 0.4) is 0 Å². The summed E-state index contributed by atoms with van der Waals surface area (Å²) in [6.45, 7) is 2.04. The first-order valence-corrected chi connectivity index (χ1v) is 5.65. The number of fused-ring (bicyclic) bond motifs is 1. The van der Waals surface area contributed by atoms with Crippen molar-refractivity contribution in [3.8, 4) is 0 Å². The van der Waals surface area contributed by atoms with Gasteiger partial charge >= 0.3 is 0 Å². The fourth-order valence-electron chi connectivity index (χ4n) is 1.58. The normalized spacial score (nSPS) is 27.1. The van der Waals surface area contributed by atoms with Crippen LogP contribution < -0.4 is 5.14 Å². The second kappa shape index (κ2) is 3.16. The molecule has 2 N–H and O–H groups in total. The standard InChI is InChI=1S/C10H12NOS/c1-7-6-9(12)8-4-2-3-5-10(8)13(7)11/h2-5,7H,6,11H2,1H3/q+1. The maximum absolute atomic E-state index is 11.6. The van der Waals surface area contributed by atoms with E-state index in [9.17, 15) is 4.79 Å². The van der Waals surface area contributed by atoms with E-state index in [1.807, 2.05) is 31.2 Å². The van der Waals surface area contributed by atoms with Crippen molar-refractivity contribution in [3.63, 3.8) is 0 Å². The molecule has 2 atom stereocenters. The van der Waals surface area contributed by atoms with Gasteiger partial charge in [-0.3, -0.25) is 4.79 Å². The third-order valence-electron chi connectivity index (χ3n) is 2.35. The number of hydrogen-bond donors (Lipinski definition) is 1. The van der Waals surface area contributed by atoms with Crippen LogP contribution in [0.5, 0.6) is 0 Å². The van der Waals surface area contributed by atoms with Gasteiger partial charge in [-0.2, -0.15) is 0 Å². The van der Waals surface area contributed by atoms with Crippen molar-refractivity contribution < 1.29 is 4.79 Å². The van der Waals surface area contributed by atoms with Gasteiger partial charge in [0.25, 0.3) is 0 Å². The monoisotopic (exact) mass is 194 g/mol. The molecule has 0 aromatic heterocycles. The molecule has 1 aliphatic rings. The van der Waals surface area contributed by atoms with Crippen LogP contribution in [0.15, 0.2) is 29.2 Å². The van der Waals surface area contributed by atoms with Crippen LogP contribution in [0, 0.1) is 0 Å². The SMILES string of the molecule is CC1CC(=O)c2ccccc2[S+]1N. The van der Waals surface area contributed by atoms with Crippen molar-refractivity contribution in [2.45, 2.75) is 23.5 Å². The molecule has 2 rings (SSSR count). The molecule has 0 radical (unpaired) electrons. The summed E-state index contributed by atoms with van der Waals surface area (Å²) in [5.41, 5.74) is 0.825. The molecular formula is C10H12NOS+. The molecule has 2 unspecified atom stereocenters. The number of carbonyl (C=O) groups excluding carboxylic acids is 1. The number of Topliss-reactive ketones (excluding diaryl/α,β-unsaturated/α-hetero) is 1. The van der Waals surface area contributed by atoms with E-state index in [2.05, 4.69) is 0 Å². The van der Waals surface area contributed by atoms with E-state index >= 15 is 0 Å². The number of nitrogens with two attached hydrogens (primary N) is 1. The molecule has 0 aliphatic carbocycles. The molecule has 1 aromatic rings. The first kappa shape index (κ1) is 8.78. The highest BCUT2D eigenvalue weighted by Crippen LogP contribution is 2.27. The lowest BCUT2D eigenvalue weighted by Gasteiger charge is -2.17. The summed E-state index contributed by atoms with van der Waals surface area (Å²) < 4.78 is 0. The summed E-state index contributed by atoms with van der Waals surface area (Å²) in [6, 6.07) is 7.67. The first-order chi connectivity index (χ1) is 6.20. The number of benzene rings is 1. The molecule has 0 spiro atoms. The molecule has 0 amide bonds. The lowest BCUT2D eigenvalue weighted by Crippen LogP contribution is -2.34. The molecule has 0 saturated heterocycles. The van der Waals surface area contributed by atoms with Gasteiger partial charge in [0.2, 0.25) is 0 Å². The Labute approximate surface area is 80.6 Å². The van der Waals surface area contributed by atoms with Gasteiger partial charge < -0.3 is 0 Å². The summed E-state index contributed by atoms with van der Waals surface area (Å²) in [7, 11) is 0. The predicted octanol–water partition coefficient (Wildman–Crippen LogP) is 1.51. The van der Waals surface area contributed by atoms with Crippen LogP contribution in [0.2, 0.25) is 0 Å². The third kappa shape index (κ3) is 1.38. The molecule has 1 heterocycles. The van der Waals surface area contributed by atoms with E-state index in [0.29, 0.717) is 11.7 Å². The van der Waals surface area contributed by atoms with E-state index in [1.165, 1.54) is 0 Å². The molecular weight excluding hydrogens is 182 g/mol. The molecule has 3 heteroatoms. The van der Waals surface area contributed by atoms with Crippen molar-refractivity contribution in [2.24, 2.45) is 5.14 Å². The van der Waals surface area contributed by atoms with Gasteiger partial charge in [0.05, 0.1) is 12.0 Å². The minimum Gasteiger partial charge on any atom is -0.294 e. The van der Waals surface area contributed by atoms with Gasteiger partial charge in [0.1, 0.15) is 16.3 Å². The highest BCUT2D eigenvalue weighted by Gasteiger charge is 2.37. The summed E-state index contributed by atoms with van der Waals surface area (Å²) in [5, 5.41) is 6.32. The summed E-state index contributed by atoms with van der Waals surface area (Å²) in [5.74, 6) is 0.234. The van der Waals surface area contributed by atoms with Crippen LogP contribution in [0.25, 0.3) is 0 Å². The zero-order valence-electron chi connectivity index (χ0n) is 7.49. The largest absolute Gasteiger partial charge is 0.294 e. The van der Waals surface area contributed by atoms with Crippen LogP contribution in [-0.2, 0) is 11.1 Å². The zero-order valence-corrected chi connectivity index (χ0v) is 8.30. The summed E-state index contributed by atoms with van der Waals surface area (Å²) >= 11 is -0.251. The second-order valence-electron chi connectivity index (χ2n) is 3.31. The molecule has 0 saturated carbocycles. The molecule has 68 valence electrons. The van der Waals surface area contributed by atoms with Gasteiger partial charge in [0.15, 0.2) is 10.7 Å².